The summed E-state index contributed by atoms with van der Waals surface area (Å²) < 4.78 is 1.12. The van der Waals surface area contributed by atoms with E-state index in [1.54, 1.807) is 0 Å². The molecule has 2 rings (SSSR count). The van der Waals surface area contributed by atoms with Gasteiger partial charge in [-0.3, -0.25) is 4.79 Å². The van der Waals surface area contributed by atoms with E-state index in [1.165, 1.54) is 6.33 Å². The monoisotopic (exact) mass is 300 g/mol. The van der Waals surface area contributed by atoms with E-state index in [0.29, 0.717) is 0 Å². The van der Waals surface area contributed by atoms with Crippen molar-refractivity contribution >= 4 is 33.5 Å². The van der Waals surface area contributed by atoms with Crippen molar-refractivity contribution in [3.05, 3.63) is 37.9 Å². The lowest BCUT2D eigenvalue weighted by atomic mass is 10.1. The lowest BCUT2D eigenvalue weighted by Crippen LogP contribution is -2.09. The van der Waals surface area contributed by atoms with E-state index in [2.05, 4.69) is 32.6 Å². The van der Waals surface area contributed by atoms with Crippen LogP contribution >= 0.6 is 22.6 Å². The average molecular weight is 300 g/mol. The van der Waals surface area contributed by atoms with Crippen molar-refractivity contribution in [2.24, 2.45) is 0 Å². The van der Waals surface area contributed by atoms with Crippen LogP contribution < -0.4 is 5.56 Å². The molecule has 0 bridgehead atoms. The normalized spacial score (nSPS) is 10.7. The van der Waals surface area contributed by atoms with Crippen LogP contribution in [0.1, 0.15) is 12.5 Å². The van der Waals surface area contributed by atoms with E-state index < -0.39 is 0 Å². The lowest BCUT2D eigenvalue weighted by Gasteiger charge is -2.04. The van der Waals surface area contributed by atoms with Crippen LogP contribution in [0.5, 0.6) is 0 Å². The van der Waals surface area contributed by atoms with Gasteiger partial charge >= 0.3 is 0 Å². The molecule has 0 saturated carbocycles. The van der Waals surface area contributed by atoms with Crippen molar-refractivity contribution in [1.82, 2.24) is 9.97 Å². The van der Waals surface area contributed by atoms with Gasteiger partial charge in [-0.2, -0.15) is 0 Å². The molecule has 1 N–H and O–H groups in total. The first-order valence-electron chi connectivity index (χ1n) is 4.38. The summed E-state index contributed by atoms with van der Waals surface area (Å²) in [5.74, 6) is 0. The quantitative estimate of drug-likeness (QED) is 0.820. The van der Waals surface area contributed by atoms with E-state index in [-0.39, 0.29) is 5.56 Å². The minimum atomic E-state index is -0.0506. The van der Waals surface area contributed by atoms with Crippen LogP contribution in [-0.4, -0.2) is 9.97 Å². The topological polar surface area (TPSA) is 45.8 Å². The Balaban J connectivity index is 2.99. The Morgan fingerprint density at radius 3 is 3.00 bits per heavy atom. The first-order valence-corrected chi connectivity index (χ1v) is 5.46. The molecule has 2 aromatic rings. The molecule has 0 radical (unpaired) electrons. The van der Waals surface area contributed by atoms with E-state index in [9.17, 15) is 4.79 Å². The Kier molecular flexibility index (Phi) is 2.54. The Labute approximate surface area is 94.7 Å². The van der Waals surface area contributed by atoms with Gasteiger partial charge in [0.15, 0.2) is 0 Å². The number of fused-ring (bicyclic) bond motifs is 1. The number of nitrogens with one attached hydrogen (secondary N) is 1. The number of rotatable bonds is 1. The van der Waals surface area contributed by atoms with Crippen molar-refractivity contribution in [3.8, 4) is 0 Å². The van der Waals surface area contributed by atoms with Crippen molar-refractivity contribution < 1.29 is 0 Å². The van der Waals surface area contributed by atoms with E-state index in [0.717, 1.165) is 26.5 Å². The maximum Gasteiger partial charge on any atom is 0.258 e. The fourth-order valence-electron chi connectivity index (χ4n) is 1.55. The van der Waals surface area contributed by atoms with Gasteiger partial charge in [0.25, 0.3) is 5.56 Å². The minimum absolute atomic E-state index is 0.0506. The van der Waals surface area contributed by atoms with Gasteiger partial charge in [0.05, 0.1) is 17.2 Å². The number of benzene rings is 1. The van der Waals surface area contributed by atoms with Gasteiger partial charge < -0.3 is 4.98 Å². The summed E-state index contributed by atoms with van der Waals surface area (Å²) in [6.45, 7) is 2.05. The van der Waals surface area contributed by atoms with Gasteiger partial charge in [0.1, 0.15) is 0 Å². The SMILES string of the molecule is CCc1c(I)ccc2nc[nH]c(=O)c12. The second kappa shape index (κ2) is 3.68. The maximum absolute atomic E-state index is 11.6. The van der Waals surface area contributed by atoms with Crippen LogP contribution in [-0.2, 0) is 6.42 Å². The summed E-state index contributed by atoms with van der Waals surface area (Å²) in [6.07, 6.45) is 2.29. The summed E-state index contributed by atoms with van der Waals surface area (Å²) >= 11 is 2.24. The fraction of sp³-hybridized carbons (Fsp3) is 0.200. The number of H-pyrrole nitrogens is 1. The molecule has 0 atom stereocenters. The van der Waals surface area contributed by atoms with Crippen LogP contribution in [0.15, 0.2) is 23.3 Å². The molecule has 0 aliphatic heterocycles. The largest absolute Gasteiger partial charge is 0.313 e. The Morgan fingerprint density at radius 2 is 2.29 bits per heavy atom. The fourth-order valence-corrected chi connectivity index (χ4v) is 2.38. The number of nitrogens with zero attached hydrogens (tertiary/aromatic N) is 1. The van der Waals surface area contributed by atoms with Crippen LogP contribution in [0.4, 0.5) is 0 Å². The molecule has 4 heteroatoms. The molecule has 0 aliphatic rings. The number of hydrogen-bond acceptors (Lipinski definition) is 2. The zero-order valence-electron chi connectivity index (χ0n) is 7.67. The van der Waals surface area contributed by atoms with Gasteiger partial charge in [0.2, 0.25) is 0 Å². The second-order valence-electron chi connectivity index (χ2n) is 3.01. The molecule has 0 saturated heterocycles. The van der Waals surface area contributed by atoms with Crippen molar-refractivity contribution in [2.75, 3.05) is 0 Å². The number of hydrogen-bond donors (Lipinski definition) is 1. The van der Waals surface area contributed by atoms with Crippen molar-refractivity contribution in [3.63, 3.8) is 0 Å². The summed E-state index contributed by atoms with van der Waals surface area (Å²) in [5, 5.41) is 0.724. The standard InChI is InChI=1S/C10H9IN2O/c1-2-6-7(11)3-4-8-9(6)10(14)13-5-12-8/h3-5H,2H2,1H3,(H,12,13,14). The molecule has 0 aliphatic carbocycles. The molecule has 0 amide bonds. The van der Waals surface area contributed by atoms with Crippen molar-refractivity contribution in [2.45, 2.75) is 13.3 Å². The predicted octanol–water partition coefficient (Wildman–Crippen LogP) is 2.09. The van der Waals surface area contributed by atoms with Crippen LogP contribution in [0, 0.1) is 3.57 Å². The molecular formula is C10H9IN2O. The highest BCUT2D eigenvalue weighted by atomic mass is 127. The van der Waals surface area contributed by atoms with Gasteiger partial charge in [-0.05, 0) is 46.7 Å². The molecule has 0 fully saturated rings. The molecule has 14 heavy (non-hydrogen) atoms. The second-order valence-corrected chi connectivity index (χ2v) is 4.17. The van der Waals surface area contributed by atoms with Crippen LogP contribution in [0.2, 0.25) is 0 Å². The smallest absolute Gasteiger partial charge is 0.258 e. The zero-order chi connectivity index (χ0) is 10.1. The van der Waals surface area contributed by atoms with E-state index >= 15 is 0 Å². The maximum atomic E-state index is 11.6. The lowest BCUT2D eigenvalue weighted by molar-refractivity contribution is 1.11. The summed E-state index contributed by atoms with van der Waals surface area (Å²) in [4.78, 5) is 18.4. The van der Waals surface area contributed by atoms with Crippen LogP contribution in [0.3, 0.4) is 0 Å². The van der Waals surface area contributed by atoms with Crippen LogP contribution in [0.25, 0.3) is 10.9 Å². The highest BCUT2D eigenvalue weighted by molar-refractivity contribution is 14.1. The van der Waals surface area contributed by atoms with Crippen molar-refractivity contribution in [1.29, 1.82) is 0 Å². The molecule has 3 nitrogen and oxygen atoms in total. The number of aromatic nitrogens is 2. The summed E-state index contributed by atoms with van der Waals surface area (Å²) in [7, 11) is 0. The number of aryl methyl sites for hydroxylation is 1. The minimum Gasteiger partial charge on any atom is -0.313 e. The third-order valence-corrected chi connectivity index (χ3v) is 3.22. The average Bonchev–Trinajstić information content (AvgIpc) is 2.19. The molecule has 1 aromatic heterocycles. The first-order chi connectivity index (χ1) is 6.74. The third-order valence-electron chi connectivity index (χ3n) is 2.21. The number of aromatic amines is 1. The van der Waals surface area contributed by atoms with Gasteiger partial charge in [0, 0.05) is 3.57 Å². The highest BCUT2D eigenvalue weighted by Gasteiger charge is 2.07. The highest BCUT2D eigenvalue weighted by Crippen LogP contribution is 2.19. The Hall–Kier alpha value is -0.910. The predicted molar refractivity (Wildman–Crippen MR) is 64.5 cm³/mol. The zero-order valence-corrected chi connectivity index (χ0v) is 9.83. The summed E-state index contributed by atoms with van der Waals surface area (Å²) in [5.41, 5.74) is 1.80. The number of halogens is 1. The molecule has 72 valence electrons. The molecule has 0 unspecified atom stereocenters. The molecule has 1 aromatic carbocycles. The van der Waals surface area contributed by atoms with E-state index in [4.69, 9.17) is 0 Å². The summed E-state index contributed by atoms with van der Waals surface area (Å²) in [6, 6.07) is 3.87. The van der Waals surface area contributed by atoms with Gasteiger partial charge in [-0.15, -0.1) is 0 Å². The Morgan fingerprint density at radius 1 is 1.50 bits per heavy atom. The van der Waals surface area contributed by atoms with Gasteiger partial charge in [-0.25, -0.2) is 4.98 Å². The first kappa shape index (κ1) is 9.64. The molecule has 1 heterocycles. The van der Waals surface area contributed by atoms with E-state index in [1.807, 2.05) is 19.1 Å². The third kappa shape index (κ3) is 1.43. The Bertz CT molecular complexity index is 533. The van der Waals surface area contributed by atoms with Gasteiger partial charge in [-0.1, -0.05) is 6.92 Å². The molecule has 0 spiro atoms. The molecular weight excluding hydrogens is 291 g/mol.